The predicted octanol–water partition coefficient (Wildman–Crippen LogP) is 4.82. The Morgan fingerprint density at radius 3 is 2.56 bits per heavy atom. The summed E-state index contributed by atoms with van der Waals surface area (Å²) >= 11 is 3.37. The van der Waals surface area contributed by atoms with Gasteiger partial charge in [0, 0.05) is 29.8 Å². The molecule has 1 aliphatic rings. The molecule has 0 bridgehead atoms. The van der Waals surface area contributed by atoms with Crippen molar-refractivity contribution in [3.05, 3.63) is 84.2 Å². The summed E-state index contributed by atoms with van der Waals surface area (Å²) in [5.74, 6) is -0.368. The first-order valence-corrected chi connectivity index (χ1v) is 11.0. The molecule has 0 N–H and O–H groups in total. The fourth-order valence-electron chi connectivity index (χ4n) is 3.90. The van der Waals surface area contributed by atoms with E-state index in [0.29, 0.717) is 36.1 Å². The summed E-state index contributed by atoms with van der Waals surface area (Å²) in [7, 11) is 0. The van der Waals surface area contributed by atoms with Crippen molar-refractivity contribution in [3.63, 3.8) is 0 Å². The Bertz CT molecular complexity index is 1250. The molecule has 1 unspecified atom stereocenters. The minimum absolute atomic E-state index is 0.0120. The first-order chi connectivity index (χ1) is 15.3. The monoisotopic (exact) mass is 500 g/mol. The van der Waals surface area contributed by atoms with Crippen LogP contribution < -0.4 is 5.43 Å². The minimum Gasteiger partial charge on any atom is -0.450 e. The standard InChI is InChI=1S/C23H21BrN2O6/c1-13(2)31-11-3-10-25-20(14-4-7-16(8-5-14)26(29)30)19-21(27)17-12-15(24)6-9-18(17)32-22(19)23(25)28/h4-9,12-13,20H,3,10-11H2,1-2H3. The van der Waals surface area contributed by atoms with Crippen molar-refractivity contribution >= 4 is 38.5 Å². The van der Waals surface area contributed by atoms with E-state index >= 15 is 0 Å². The van der Waals surface area contributed by atoms with Crippen LogP contribution >= 0.6 is 15.9 Å². The van der Waals surface area contributed by atoms with Gasteiger partial charge in [-0.2, -0.15) is 0 Å². The number of nitrogens with zero attached hydrogens (tertiary/aromatic N) is 2. The number of rotatable bonds is 7. The van der Waals surface area contributed by atoms with Gasteiger partial charge in [-0.1, -0.05) is 15.9 Å². The average molecular weight is 501 g/mol. The lowest BCUT2D eigenvalue weighted by molar-refractivity contribution is -0.384. The molecular formula is C23H21BrN2O6. The van der Waals surface area contributed by atoms with Crippen LogP contribution in [0.4, 0.5) is 5.69 Å². The number of nitro groups is 1. The second kappa shape index (κ2) is 8.84. The Morgan fingerprint density at radius 1 is 1.19 bits per heavy atom. The van der Waals surface area contributed by atoms with Gasteiger partial charge in [0.1, 0.15) is 5.58 Å². The zero-order valence-corrected chi connectivity index (χ0v) is 19.1. The van der Waals surface area contributed by atoms with Gasteiger partial charge in [-0.25, -0.2) is 0 Å². The van der Waals surface area contributed by atoms with Crippen molar-refractivity contribution in [1.29, 1.82) is 0 Å². The lowest BCUT2D eigenvalue weighted by atomic mass is 9.98. The highest BCUT2D eigenvalue weighted by Crippen LogP contribution is 2.38. The number of carbonyl (C=O) groups excluding carboxylic acids is 1. The Morgan fingerprint density at radius 2 is 1.91 bits per heavy atom. The zero-order chi connectivity index (χ0) is 23.0. The number of hydrogen-bond acceptors (Lipinski definition) is 6. The number of amides is 1. The summed E-state index contributed by atoms with van der Waals surface area (Å²) in [6.45, 7) is 4.67. The van der Waals surface area contributed by atoms with Crippen molar-refractivity contribution in [2.24, 2.45) is 0 Å². The second-order valence-corrected chi connectivity index (χ2v) is 8.75. The summed E-state index contributed by atoms with van der Waals surface area (Å²) in [5.41, 5.74) is 0.830. The Balaban J connectivity index is 1.81. The van der Waals surface area contributed by atoms with Gasteiger partial charge < -0.3 is 14.1 Å². The number of non-ortho nitro benzene ring substituents is 1. The molecule has 1 aromatic heterocycles. The Labute approximate surface area is 192 Å². The van der Waals surface area contributed by atoms with E-state index in [2.05, 4.69) is 15.9 Å². The van der Waals surface area contributed by atoms with Crippen LogP contribution in [0.15, 0.2) is 56.1 Å². The third-order valence-electron chi connectivity index (χ3n) is 5.34. The first kappa shape index (κ1) is 22.2. The fraction of sp³-hybridized carbons (Fsp3) is 0.304. The van der Waals surface area contributed by atoms with Crippen molar-refractivity contribution in [3.8, 4) is 0 Å². The lowest BCUT2D eigenvalue weighted by Gasteiger charge is -2.25. The topological polar surface area (TPSA) is 103 Å². The third kappa shape index (κ3) is 4.05. The summed E-state index contributed by atoms with van der Waals surface area (Å²) in [5, 5.41) is 11.4. The van der Waals surface area contributed by atoms with Gasteiger partial charge in [0.2, 0.25) is 5.76 Å². The largest absolute Gasteiger partial charge is 0.450 e. The summed E-state index contributed by atoms with van der Waals surface area (Å²) < 4.78 is 12.2. The third-order valence-corrected chi connectivity index (χ3v) is 5.84. The zero-order valence-electron chi connectivity index (χ0n) is 17.5. The maximum Gasteiger partial charge on any atom is 0.290 e. The number of carbonyl (C=O) groups is 1. The van der Waals surface area contributed by atoms with E-state index in [1.807, 2.05) is 13.8 Å². The summed E-state index contributed by atoms with van der Waals surface area (Å²) in [6.07, 6.45) is 0.639. The second-order valence-electron chi connectivity index (χ2n) is 7.84. The molecule has 0 fully saturated rings. The van der Waals surface area contributed by atoms with Crippen LogP contribution in [0.1, 0.15) is 48.0 Å². The van der Waals surface area contributed by atoms with Gasteiger partial charge in [0.05, 0.1) is 28.0 Å². The highest BCUT2D eigenvalue weighted by molar-refractivity contribution is 9.10. The van der Waals surface area contributed by atoms with E-state index in [4.69, 9.17) is 9.15 Å². The van der Waals surface area contributed by atoms with E-state index in [1.165, 1.54) is 12.1 Å². The van der Waals surface area contributed by atoms with Crippen LogP contribution in [0.25, 0.3) is 11.0 Å². The van der Waals surface area contributed by atoms with E-state index in [-0.39, 0.29) is 34.5 Å². The Hall–Kier alpha value is -3.04. The van der Waals surface area contributed by atoms with Crippen molar-refractivity contribution in [2.45, 2.75) is 32.4 Å². The van der Waals surface area contributed by atoms with Crippen molar-refractivity contribution in [1.82, 2.24) is 4.90 Å². The number of ether oxygens (including phenoxy) is 1. The smallest absolute Gasteiger partial charge is 0.290 e. The molecular weight excluding hydrogens is 480 g/mol. The molecule has 1 amide bonds. The normalized spacial score (nSPS) is 15.6. The molecule has 1 aliphatic heterocycles. The van der Waals surface area contributed by atoms with E-state index in [9.17, 15) is 19.7 Å². The van der Waals surface area contributed by atoms with Crippen LogP contribution in [0, 0.1) is 10.1 Å². The summed E-state index contributed by atoms with van der Waals surface area (Å²) in [4.78, 5) is 38.9. The van der Waals surface area contributed by atoms with Crippen LogP contribution in [-0.2, 0) is 4.74 Å². The van der Waals surface area contributed by atoms with E-state index in [1.54, 1.807) is 35.2 Å². The molecule has 32 heavy (non-hydrogen) atoms. The molecule has 0 saturated carbocycles. The number of benzene rings is 2. The van der Waals surface area contributed by atoms with Gasteiger partial charge in [-0.3, -0.25) is 19.7 Å². The average Bonchev–Trinajstić information content (AvgIpc) is 3.04. The SMILES string of the molecule is CC(C)OCCCN1C(=O)c2oc3ccc(Br)cc3c(=O)c2C1c1ccc([N+](=O)[O-])cc1. The Kier molecular flexibility index (Phi) is 6.12. The molecule has 2 heterocycles. The molecule has 1 atom stereocenters. The molecule has 0 radical (unpaired) electrons. The van der Waals surface area contributed by atoms with Gasteiger partial charge >= 0.3 is 0 Å². The maximum atomic E-state index is 13.4. The van der Waals surface area contributed by atoms with E-state index in [0.717, 1.165) is 4.47 Å². The molecule has 9 heteroatoms. The first-order valence-electron chi connectivity index (χ1n) is 10.2. The number of fused-ring (bicyclic) bond motifs is 2. The van der Waals surface area contributed by atoms with Crippen LogP contribution in [0.5, 0.6) is 0 Å². The van der Waals surface area contributed by atoms with Crippen molar-refractivity contribution < 1.29 is 18.9 Å². The molecule has 3 aromatic rings. The molecule has 8 nitrogen and oxygen atoms in total. The summed E-state index contributed by atoms with van der Waals surface area (Å²) in [6, 6.07) is 10.3. The fourth-order valence-corrected chi connectivity index (χ4v) is 4.26. The van der Waals surface area contributed by atoms with Gasteiger partial charge in [0.15, 0.2) is 5.43 Å². The molecule has 2 aromatic carbocycles. The molecule has 0 aliphatic carbocycles. The maximum absolute atomic E-state index is 13.4. The molecule has 166 valence electrons. The van der Waals surface area contributed by atoms with E-state index < -0.39 is 11.0 Å². The number of hydrogen-bond donors (Lipinski definition) is 0. The predicted molar refractivity (Wildman–Crippen MR) is 122 cm³/mol. The number of nitro benzene ring substituents is 1. The minimum atomic E-state index is -0.697. The van der Waals surface area contributed by atoms with Crippen LogP contribution in [-0.4, -0.2) is 35.0 Å². The van der Waals surface area contributed by atoms with Crippen LogP contribution in [0.2, 0.25) is 0 Å². The van der Waals surface area contributed by atoms with Crippen LogP contribution in [0.3, 0.4) is 0 Å². The van der Waals surface area contributed by atoms with Gasteiger partial charge in [-0.05, 0) is 56.2 Å². The molecule has 0 spiro atoms. The lowest BCUT2D eigenvalue weighted by Crippen LogP contribution is -2.31. The quantitative estimate of drug-likeness (QED) is 0.261. The van der Waals surface area contributed by atoms with Gasteiger partial charge in [0.25, 0.3) is 11.6 Å². The van der Waals surface area contributed by atoms with Crippen molar-refractivity contribution in [2.75, 3.05) is 13.2 Å². The highest BCUT2D eigenvalue weighted by Gasteiger charge is 2.42. The highest BCUT2D eigenvalue weighted by atomic mass is 79.9. The number of halogens is 1. The van der Waals surface area contributed by atoms with Gasteiger partial charge in [-0.15, -0.1) is 0 Å². The molecule has 0 saturated heterocycles. The molecule has 4 rings (SSSR count).